The quantitative estimate of drug-likeness (QED) is 0.845. The van der Waals surface area contributed by atoms with Crippen LogP contribution in [-0.2, 0) is 11.0 Å². The van der Waals surface area contributed by atoms with Gasteiger partial charge in [-0.3, -0.25) is 4.79 Å². The van der Waals surface area contributed by atoms with E-state index in [1.54, 1.807) is 0 Å². The fraction of sp³-hybridized carbons (Fsp3) is 0.500. The highest BCUT2D eigenvalue weighted by molar-refractivity contribution is 5.85. The van der Waals surface area contributed by atoms with E-state index in [1.807, 2.05) is 0 Å². The second-order valence-electron chi connectivity index (χ2n) is 3.93. The van der Waals surface area contributed by atoms with Gasteiger partial charge in [-0.15, -0.1) is 12.4 Å². The van der Waals surface area contributed by atoms with Gasteiger partial charge in [-0.25, -0.2) is 9.97 Å². The van der Waals surface area contributed by atoms with Crippen LogP contribution in [0.25, 0.3) is 0 Å². The molecule has 0 spiro atoms. The zero-order chi connectivity index (χ0) is 13.3. The highest BCUT2D eigenvalue weighted by atomic mass is 35.5. The molecule has 1 aliphatic heterocycles. The standard InChI is InChI=1S/C10H11F3N4O.ClH/c1-6-15-7(10(11,12)13)4-8(16-6)17-3-2-14-9(18)5-17;/h4H,2-3,5H2,1H3,(H,14,18);1H. The third kappa shape index (κ3) is 3.69. The predicted octanol–water partition coefficient (Wildman–Crippen LogP) is 1.16. The Morgan fingerprint density at radius 3 is 2.63 bits per heavy atom. The van der Waals surface area contributed by atoms with Crippen molar-refractivity contribution in [2.45, 2.75) is 13.1 Å². The van der Waals surface area contributed by atoms with Crippen molar-refractivity contribution in [1.29, 1.82) is 0 Å². The highest BCUT2D eigenvalue weighted by Crippen LogP contribution is 2.29. The van der Waals surface area contributed by atoms with Crippen molar-refractivity contribution < 1.29 is 18.0 Å². The number of anilines is 1. The third-order valence-electron chi connectivity index (χ3n) is 2.48. The second kappa shape index (κ2) is 5.60. The van der Waals surface area contributed by atoms with Crippen LogP contribution < -0.4 is 10.2 Å². The van der Waals surface area contributed by atoms with E-state index < -0.39 is 11.9 Å². The van der Waals surface area contributed by atoms with Gasteiger partial charge in [0.1, 0.15) is 17.3 Å². The summed E-state index contributed by atoms with van der Waals surface area (Å²) in [6.07, 6.45) is -4.51. The molecule has 1 saturated heterocycles. The molecule has 2 heterocycles. The number of hydrogen-bond donors (Lipinski definition) is 1. The zero-order valence-electron chi connectivity index (χ0n) is 9.99. The van der Waals surface area contributed by atoms with E-state index in [4.69, 9.17) is 0 Å². The van der Waals surface area contributed by atoms with Crippen LogP contribution in [-0.4, -0.2) is 35.5 Å². The first kappa shape index (κ1) is 15.5. The van der Waals surface area contributed by atoms with Crippen molar-refractivity contribution in [2.24, 2.45) is 0 Å². The van der Waals surface area contributed by atoms with Gasteiger partial charge in [-0.2, -0.15) is 13.2 Å². The summed E-state index contributed by atoms with van der Waals surface area (Å²) < 4.78 is 37.8. The summed E-state index contributed by atoms with van der Waals surface area (Å²) in [5.41, 5.74) is -0.990. The number of aryl methyl sites for hydroxylation is 1. The van der Waals surface area contributed by atoms with Crippen molar-refractivity contribution in [3.05, 3.63) is 17.6 Å². The molecule has 1 aliphatic rings. The fourth-order valence-electron chi connectivity index (χ4n) is 1.69. The molecule has 0 bridgehead atoms. The summed E-state index contributed by atoms with van der Waals surface area (Å²) in [4.78, 5) is 20.0. The van der Waals surface area contributed by atoms with E-state index in [0.29, 0.717) is 13.1 Å². The van der Waals surface area contributed by atoms with Gasteiger partial charge in [0, 0.05) is 19.2 Å². The summed E-state index contributed by atoms with van der Waals surface area (Å²) in [6, 6.07) is 0.867. The first-order valence-electron chi connectivity index (χ1n) is 5.31. The van der Waals surface area contributed by atoms with E-state index in [2.05, 4.69) is 15.3 Å². The largest absolute Gasteiger partial charge is 0.433 e. The molecular weight excluding hydrogens is 285 g/mol. The molecule has 0 radical (unpaired) electrons. The molecule has 0 aliphatic carbocycles. The van der Waals surface area contributed by atoms with Crippen molar-refractivity contribution in [2.75, 3.05) is 24.5 Å². The lowest BCUT2D eigenvalue weighted by Crippen LogP contribution is -2.48. The number of rotatable bonds is 1. The van der Waals surface area contributed by atoms with E-state index in [0.717, 1.165) is 6.07 Å². The number of carbonyl (C=O) groups excluding carboxylic acids is 1. The number of aromatic nitrogens is 2. The van der Waals surface area contributed by atoms with Gasteiger partial charge >= 0.3 is 6.18 Å². The summed E-state index contributed by atoms with van der Waals surface area (Å²) in [7, 11) is 0. The number of hydrogen-bond acceptors (Lipinski definition) is 4. The van der Waals surface area contributed by atoms with E-state index >= 15 is 0 Å². The van der Waals surface area contributed by atoms with Crippen LogP contribution >= 0.6 is 12.4 Å². The summed E-state index contributed by atoms with van der Waals surface area (Å²) in [5.74, 6) is -0.0680. The first-order valence-corrected chi connectivity index (χ1v) is 5.31. The average Bonchev–Trinajstić information content (AvgIpc) is 2.27. The van der Waals surface area contributed by atoms with Crippen LogP contribution in [0, 0.1) is 6.92 Å². The molecule has 0 saturated carbocycles. The summed E-state index contributed by atoms with van der Waals surface area (Å²) in [6.45, 7) is 2.22. The third-order valence-corrected chi connectivity index (χ3v) is 2.48. The van der Waals surface area contributed by atoms with Gasteiger partial charge in [0.25, 0.3) is 0 Å². The van der Waals surface area contributed by atoms with Crippen LogP contribution in [0.3, 0.4) is 0 Å². The van der Waals surface area contributed by atoms with Crippen LogP contribution in [0.15, 0.2) is 6.07 Å². The van der Waals surface area contributed by atoms with Crippen LogP contribution in [0.4, 0.5) is 19.0 Å². The van der Waals surface area contributed by atoms with Crippen molar-refractivity contribution in [3.63, 3.8) is 0 Å². The molecule has 9 heteroatoms. The Bertz CT molecular complexity index is 480. The monoisotopic (exact) mass is 296 g/mol. The Balaban J connectivity index is 0.00000180. The topological polar surface area (TPSA) is 58.1 Å². The maximum absolute atomic E-state index is 12.6. The van der Waals surface area contributed by atoms with Gasteiger partial charge in [0.2, 0.25) is 5.91 Å². The minimum absolute atomic E-state index is 0. The number of nitrogens with zero attached hydrogens (tertiary/aromatic N) is 3. The maximum atomic E-state index is 12.6. The van der Waals surface area contributed by atoms with Crippen LogP contribution in [0.1, 0.15) is 11.5 Å². The Hall–Kier alpha value is -1.57. The van der Waals surface area contributed by atoms with Gasteiger partial charge in [0.05, 0.1) is 6.54 Å². The van der Waals surface area contributed by atoms with Crippen molar-refractivity contribution in [1.82, 2.24) is 15.3 Å². The van der Waals surface area contributed by atoms with E-state index in [1.165, 1.54) is 11.8 Å². The maximum Gasteiger partial charge on any atom is 0.433 e. The fourth-order valence-corrected chi connectivity index (χ4v) is 1.69. The molecule has 1 amide bonds. The number of alkyl halides is 3. The Labute approximate surface area is 113 Å². The van der Waals surface area contributed by atoms with E-state index in [9.17, 15) is 18.0 Å². The predicted molar refractivity (Wildman–Crippen MR) is 64.2 cm³/mol. The SMILES string of the molecule is Cc1nc(N2CCNC(=O)C2)cc(C(F)(F)F)n1.Cl. The minimum atomic E-state index is -4.51. The Morgan fingerprint density at radius 2 is 2.05 bits per heavy atom. The molecule has 1 aromatic heterocycles. The molecule has 1 aromatic rings. The summed E-state index contributed by atoms with van der Waals surface area (Å²) >= 11 is 0. The Morgan fingerprint density at radius 1 is 1.37 bits per heavy atom. The molecule has 106 valence electrons. The number of amides is 1. The molecular formula is C10H12ClF3N4O. The number of halogens is 4. The molecule has 1 N–H and O–H groups in total. The highest BCUT2D eigenvalue weighted by Gasteiger charge is 2.34. The number of carbonyl (C=O) groups is 1. The minimum Gasteiger partial charge on any atom is -0.353 e. The van der Waals surface area contributed by atoms with Crippen LogP contribution in [0.2, 0.25) is 0 Å². The number of nitrogens with one attached hydrogen (secondary N) is 1. The molecule has 0 aromatic carbocycles. The molecule has 2 rings (SSSR count). The van der Waals surface area contributed by atoms with Gasteiger partial charge in [-0.05, 0) is 6.92 Å². The molecule has 0 atom stereocenters. The van der Waals surface area contributed by atoms with Crippen molar-refractivity contribution in [3.8, 4) is 0 Å². The molecule has 1 fully saturated rings. The van der Waals surface area contributed by atoms with Gasteiger partial charge in [-0.1, -0.05) is 0 Å². The second-order valence-corrected chi connectivity index (χ2v) is 3.93. The van der Waals surface area contributed by atoms with Crippen LogP contribution in [0.5, 0.6) is 0 Å². The molecule has 19 heavy (non-hydrogen) atoms. The van der Waals surface area contributed by atoms with E-state index in [-0.39, 0.29) is 36.5 Å². The Kier molecular flexibility index (Phi) is 4.56. The smallest absolute Gasteiger partial charge is 0.353 e. The first-order chi connectivity index (χ1) is 8.36. The normalized spacial score (nSPS) is 15.8. The lowest BCUT2D eigenvalue weighted by molar-refractivity contribution is -0.141. The average molecular weight is 297 g/mol. The van der Waals surface area contributed by atoms with Crippen molar-refractivity contribution >= 4 is 24.1 Å². The molecule has 0 unspecified atom stereocenters. The lowest BCUT2D eigenvalue weighted by atomic mass is 10.3. The van der Waals surface area contributed by atoms with Gasteiger partial charge < -0.3 is 10.2 Å². The summed E-state index contributed by atoms with van der Waals surface area (Å²) in [5, 5.41) is 2.59. The van der Waals surface area contributed by atoms with Gasteiger partial charge in [0.15, 0.2) is 0 Å². The zero-order valence-corrected chi connectivity index (χ0v) is 10.8. The lowest BCUT2D eigenvalue weighted by Gasteiger charge is -2.28. The molecule has 5 nitrogen and oxygen atoms in total. The number of piperazine rings is 1.